The molecule has 1 aliphatic heterocycles. The van der Waals surface area contributed by atoms with Gasteiger partial charge in [-0.2, -0.15) is 5.10 Å². The molecule has 5 rings (SSSR count). The highest BCUT2D eigenvalue weighted by Gasteiger charge is 2.25. The number of aromatic nitrogens is 2. The standard InChI is InChI=1S/C25H16BrN3O2/c26-20-13-11-17(12-14-20)23-19(16-29(28-23)21-9-5-2-6-10-21)15-22-25(30)31-24(27-22)18-7-3-1-4-8-18/h1-16H/b22-15+. The average molecular weight is 470 g/mol. The summed E-state index contributed by atoms with van der Waals surface area (Å²) in [5, 5.41) is 4.78. The van der Waals surface area contributed by atoms with E-state index in [-0.39, 0.29) is 5.70 Å². The monoisotopic (exact) mass is 469 g/mol. The van der Waals surface area contributed by atoms with Gasteiger partial charge in [-0.25, -0.2) is 14.5 Å². The summed E-state index contributed by atoms with van der Waals surface area (Å²) in [5.41, 5.74) is 4.38. The minimum absolute atomic E-state index is 0.241. The van der Waals surface area contributed by atoms with E-state index in [1.807, 2.05) is 91.1 Å². The van der Waals surface area contributed by atoms with E-state index in [9.17, 15) is 4.79 Å². The number of halogens is 1. The molecule has 150 valence electrons. The zero-order chi connectivity index (χ0) is 21.2. The van der Waals surface area contributed by atoms with Crippen molar-refractivity contribution in [3.05, 3.63) is 112 Å². The molecule has 0 unspecified atom stereocenters. The molecule has 6 heteroatoms. The SMILES string of the molecule is O=C1OC(c2ccccc2)=N/C1=C/c1cn(-c2ccccc2)nc1-c1ccc(Br)cc1. The first kappa shape index (κ1) is 19.2. The fraction of sp³-hybridized carbons (Fsp3) is 0. The van der Waals surface area contributed by atoms with Crippen LogP contribution in [-0.2, 0) is 9.53 Å². The van der Waals surface area contributed by atoms with Crippen LogP contribution in [0, 0.1) is 0 Å². The van der Waals surface area contributed by atoms with Gasteiger partial charge in [-0.05, 0) is 42.5 Å². The molecule has 0 aliphatic carbocycles. The number of ether oxygens (including phenoxy) is 1. The smallest absolute Gasteiger partial charge is 0.363 e. The highest BCUT2D eigenvalue weighted by Crippen LogP contribution is 2.28. The molecule has 5 nitrogen and oxygen atoms in total. The highest BCUT2D eigenvalue weighted by molar-refractivity contribution is 9.10. The van der Waals surface area contributed by atoms with Crippen LogP contribution < -0.4 is 0 Å². The zero-order valence-electron chi connectivity index (χ0n) is 16.3. The molecule has 0 atom stereocenters. The van der Waals surface area contributed by atoms with Crippen molar-refractivity contribution in [2.24, 2.45) is 4.99 Å². The Morgan fingerprint density at radius 2 is 1.52 bits per heavy atom. The van der Waals surface area contributed by atoms with E-state index < -0.39 is 5.97 Å². The third kappa shape index (κ3) is 3.98. The number of hydrogen-bond acceptors (Lipinski definition) is 4. The van der Waals surface area contributed by atoms with Gasteiger partial charge in [0.15, 0.2) is 5.70 Å². The number of esters is 1. The van der Waals surface area contributed by atoms with Gasteiger partial charge in [0.25, 0.3) is 0 Å². The van der Waals surface area contributed by atoms with E-state index in [0.29, 0.717) is 5.90 Å². The number of para-hydroxylation sites is 1. The van der Waals surface area contributed by atoms with Crippen molar-refractivity contribution in [1.29, 1.82) is 0 Å². The van der Waals surface area contributed by atoms with E-state index in [4.69, 9.17) is 9.84 Å². The lowest BCUT2D eigenvalue weighted by Gasteiger charge is -2.01. The molecule has 0 bridgehead atoms. The lowest BCUT2D eigenvalue weighted by Crippen LogP contribution is -2.04. The number of aliphatic imine (C=N–C) groups is 1. The molecule has 4 aromatic rings. The molecule has 0 N–H and O–H groups in total. The topological polar surface area (TPSA) is 56.5 Å². The van der Waals surface area contributed by atoms with E-state index in [0.717, 1.165) is 32.5 Å². The first-order valence-corrected chi connectivity index (χ1v) is 10.5. The van der Waals surface area contributed by atoms with Crippen LogP contribution in [0.15, 0.2) is 106 Å². The summed E-state index contributed by atoms with van der Waals surface area (Å²) < 4.78 is 8.17. The van der Waals surface area contributed by atoms with Gasteiger partial charge < -0.3 is 4.74 Å². The van der Waals surface area contributed by atoms with Crippen molar-refractivity contribution in [2.45, 2.75) is 0 Å². The molecule has 0 radical (unpaired) electrons. The Bertz CT molecular complexity index is 1310. The Morgan fingerprint density at radius 1 is 0.839 bits per heavy atom. The number of hydrogen-bond donors (Lipinski definition) is 0. The second-order valence-corrected chi connectivity index (χ2v) is 7.84. The van der Waals surface area contributed by atoms with Crippen LogP contribution in [0.1, 0.15) is 11.1 Å². The lowest BCUT2D eigenvalue weighted by atomic mass is 10.1. The fourth-order valence-corrected chi connectivity index (χ4v) is 3.56. The highest BCUT2D eigenvalue weighted by atomic mass is 79.9. The summed E-state index contributed by atoms with van der Waals surface area (Å²) in [6.07, 6.45) is 3.62. The van der Waals surface area contributed by atoms with E-state index in [2.05, 4.69) is 20.9 Å². The summed E-state index contributed by atoms with van der Waals surface area (Å²) in [5.74, 6) is -0.175. The molecular formula is C25H16BrN3O2. The van der Waals surface area contributed by atoms with Crippen LogP contribution in [-0.4, -0.2) is 21.6 Å². The van der Waals surface area contributed by atoms with Crippen LogP contribution in [0.2, 0.25) is 0 Å². The molecule has 31 heavy (non-hydrogen) atoms. The van der Waals surface area contributed by atoms with Gasteiger partial charge in [0.05, 0.1) is 5.69 Å². The van der Waals surface area contributed by atoms with Crippen molar-refractivity contribution >= 4 is 33.9 Å². The normalized spacial score (nSPS) is 14.5. The number of nitrogens with zero attached hydrogens (tertiary/aromatic N) is 3. The van der Waals surface area contributed by atoms with Gasteiger partial charge >= 0.3 is 5.97 Å². The van der Waals surface area contributed by atoms with Crippen LogP contribution >= 0.6 is 15.9 Å². The van der Waals surface area contributed by atoms with Crippen LogP contribution in [0.25, 0.3) is 23.0 Å². The summed E-state index contributed by atoms with van der Waals surface area (Å²) in [6, 6.07) is 27.1. The molecule has 1 aromatic heterocycles. The summed E-state index contributed by atoms with van der Waals surface area (Å²) >= 11 is 3.47. The Morgan fingerprint density at radius 3 is 2.23 bits per heavy atom. The van der Waals surface area contributed by atoms with E-state index in [1.54, 1.807) is 10.8 Å². The predicted molar refractivity (Wildman–Crippen MR) is 124 cm³/mol. The first-order chi connectivity index (χ1) is 15.2. The third-order valence-electron chi connectivity index (χ3n) is 4.81. The predicted octanol–water partition coefficient (Wildman–Crippen LogP) is 5.65. The van der Waals surface area contributed by atoms with Gasteiger partial charge in [-0.15, -0.1) is 0 Å². The number of carbonyl (C=O) groups is 1. The lowest BCUT2D eigenvalue weighted by molar-refractivity contribution is -0.129. The van der Waals surface area contributed by atoms with Crippen molar-refractivity contribution in [2.75, 3.05) is 0 Å². The Hall–Kier alpha value is -3.77. The van der Waals surface area contributed by atoms with Crippen LogP contribution in [0.4, 0.5) is 0 Å². The van der Waals surface area contributed by atoms with Crippen molar-refractivity contribution < 1.29 is 9.53 Å². The van der Waals surface area contributed by atoms with Crippen molar-refractivity contribution in [1.82, 2.24) is 9.78 Å². The van der Waals surface area contributed by atoms with Gasteiger partial charge in [-0.3, -0.25) is 0 Å². The molecule has 0 spiro atoms. The molecule has 0 saturated carbocycles. The Labute approximate surface area is 187 Å². The maximum absolute atomic E-state index is 12.5. The summed E-state index contributed by atoms with van der Waals surface area (Å²) in [6.45, 7) is 0. The number of cyclic esters (lactones) is 1. The Kier molecular flexibility index (Phi) is 5.06. The largest absolute Gasteiger partial charge is 0.402 e. The number of carbonyl (C=O) groups excluding carboxylic acids is 1. The van der Waals surface area contributed by atoms with Crippen LogP contribution in [0.3, 0.4) is 0 Å². The number of rotatable bonds is 4. The molecule has 2 heterocycles. The van der Waals surface area contributed by atoms with Crippen molar-refractivity contribution in [3.63, 3.8) is 0 Å². The quantitative estimate of drug-likeness (QED) is 0.286. The maximum Gasteiger partial charge on any atom is 0.363 e. The molecule has 3 aromatic carbocycles. The van der Waals surface area contributed by atoms with Crippen LogP contribution in [0.5, 0.6) is 0 Å². The van der Waals surface area contributed by atoms with E-state index >= 15 is 0 Å². The van der Waals surface area contributed by atoms with Crippen molar-refractivity contribution in [3.8, 4) is 16.9 Å². The van der Waals surface area contributed by atoms with Gasteiger partial charge in [-0.1, -0.05) is 64.5 Å². The molecule has 0 amide bonds. The fourth-order valence-electron chi connectivity index (χ4n) is 3.30. The Balaban J connectivity index is 1.61. The molecular weight excluding hydrogens is 454 g/mol. The molecule has 0 fully saturated rings. The second kappa shape index (κ2) is 8.16. The van der Waals surface area contributed by atoms with Gasteiger partial charge in [0, 0.05) is 27.4 Å². The maximum atomic E-state index is 12.5. The first-order valence-electron chi connectivity index (χ1n) is 9.66. The third-order valence-corrected chi connectivity index (χ3v) is 5.34. The van der Waals surface area contributed by atoms with Gasteiger partial charge in [0.2, 0.25) is 5.90 Å². The zero-order valence-corrected chi connectivity index (χ0v) is 17.9. The summed E-state index contributed by atoms with van der Waals surface area (Å²) in [7, 11) is 0. The molecule has 0 saturated heterocycles. The minimum Gasteiger partial charge on any atom is -0.402 e. The second-order valence-electron chi connectivity index (χ2n) is 6.92. The molecule has 1 aliphatic rings. The van der Waals surface area contributed by atoms with Gasteiger partial charge in [0.1, 0.15) is 5.69 Å². The summed E-state index contributed by atoms with van der Waals surface area (Å²) in [4.78, 5) is 16.9. The minimum atomic E-state index is -0.479. The average Bonchev–Trinajstić information content (AvgIpc) is 3.40. The van der Waals surface area contributed by atoms with E-state index in [1.165, 1.54) is 0 Å². The number of benzene rings is 3.